The average molecular weight is 972 g/mol. The van der Waals surface area contributed by atoms with Crippen molar-refractivity contribution >= 4 is 21.8 Å². The van der Waals surface area contributed by atoms with Gasteiger partial charge in [-0.1, -0.05) is 143 Å². The Morgan fingerprint density at radius 2 is 1.23 bits per heavy atom. The van der Waals surface area contributed by atoms with Gasteiger partial charge in [0.05, 0.1) is 11.4 Å². The van der Waals surface area contributed by atoms with Crippen LogP contribution in [-0.2, 0) is 42.7 Å². The number of hydrogen-bond donors (Lipinski definition) is 0. The number of para-hydroxylation sites is 1. The second-order valence-corrected chi connectivity index (χ2v) is 20.0. The molecular weight excluding hydrogens is 916 g/mol. The fraction of sp³-hybridized carbons (Fsp3) is 0.296. The fourth-order valence-corrected chi connectivity index (χ4v) is 7.63. The summed E-state index contributed by atoms with van der Waals surface area (Å²) >= 11 is 0. The van der Waals surface area contributed by atoms with E-state index in [1.165, 1.54) is 22.3 Å². The summed E-state index contributed by atoms with van der Waals surface area (Å²) in [5.74, 6) is 2.08. The normalized spacial score (nSPS) is 12.5. The zero-order valence-electron chi connectivity index (χ0n) is 37.1. The minimum atomic E-state index is -0.206. The molecular formula is C54H56N4OPt-2. The van der Waals surface area contributed by atoms with Crippen LogP contribution in [0, 0.1) is 18.5 Å². The Kier molecular flexibility index (Phi) is 11.2. The molecule has 0 aliphatic rings. The number of benzene rings is 5. The van der Waals surface area contributed by atoms with Gasteiger partial charge in [0, 0.05) is 50.5 Å². The van der Waals surface area contributed by atoms with Crippen LogP contribution < -0.4 is 9.30 Å². The molecule has 8 rings (SSSR count). The van der Waals surface area contributed by atoms with E-state index < -0.39 is 0 Å². The summed E-state index contributed by atoms with van der Waals surface area (Å²) < 4.78 is 13.3. The summed E-state index contributed by atoms with van der Waals surface area (Å²) in [5, 5.41) is 2.24. The zero-order chi connectivity index (χ0) is 42.1. The predicted molar refractivity (Wildman–Crippen MR) is 243 cm³/mol. The van der Waals surface area contributed by atoms with E-state index in [0.717, 1.165) is 50.3 Å². The predicted octanol–water partition coefficient (Wildman–Crippen LogP) is 13.3. The van der Waals surface area contributed by atoms with Gasteiger partial charge < -0.3 is 13.9 Å². The maximum absolute atomic E-state index is 6.81. The van der Waals surface area contributed by atoms with Crippen LogP contribution in [-0.4, -0.2) is 14.1 Å². The van der Waals surface area contributed by atoms with Gasteiger partial charge in [-0.2, -0.15) is 17.7 Å². The largest absolute Gasteiger partial charge is 0.510 e. The minimum Gasteiger partial charge on any atom is -0.510 e. The molecule has 0 aliphatic carbocycles. The maximum Gasteiger partial charge on any atom is 0.267 e. The third kappa shape index (κ3) is 8.52. The van der Waals surface area contributed by atoms with Crippen molar-refractivity contribution in [3.05, 3.63) is 162 Å². The number of imidazole rings is 1. The Labute approximate surface area is 371 Å². The van der Waals surface area contributed by atoms with E-state index in [9.17, 15) is 0 Å². The van der Waals surface area contributed by atoms with Gasteiger partial charge in [-0.3, -0.25) is 4.57 Å². The molecule has 8 aromatic rings. The van der Waals surface area contributed by atoms with Crippen LogP contribution in [0.4, 0.5) is 0 Å². The van der Waals surface area contributed by atoms with Crippen LogP contribution in [0.5, 0.6) is 11.5 Å². The van der Waals surface area contributed by atoms with Gasteiger partial charge in [-0.05, 0) is 85.3 Å². The molecule has 0 radical (unpaired) electrons. The van der Waals surface area contributed by atoms with E-state index in [0.29, 0.717) is 11.5 Å². The zero-order valence-corrected chi connectivity index (χ0v) is 39.3. The third-order valence-corrected chi connectivity index (χ3v) is 11.2. The van der Waals surface area contributed by atoms with Crippen molar-refractivity contribution in [2.45, 2.75) is 105 Å². The van der Waals surface area contributed by atoms with Gasteiger partial charge in [-0.25, -0.2) is 4.98 Å². The molecule has 0 unspecified atom stereocenters. The molecule has 0 aliphatic heterocycles. The van der Waals surface area contributed by atoms with Crippen LogP contribution in [0.15, 0.2) is 122 Å². The van der Waals surface area contributed by atoms with Gasteiger partial charge in [0.15, 0.2) is 0 Å². The molecule has 0 atom stereocenters. The van der Waals surface area contributed by atoms with E-state index in [1.54, 1.807) is 0 Å². The number of pyridine rings is 1. The molecule has 3 heterocycles. The monoisotopic (exact) mass is 971 g/mol. The SMILES string of the molecule is CC(C)(C)c1cc(Oc2[c-]c3c(cc2)c2ccccc2n3-c2cc(C(C)(C)C)ccn2)[c-]c(-n2[c-][n+](-c3cc(-c4ccccc4)cc(C(C)(C)C)c3)cc2C(C)(C)C)c1.[Pt]. The summed E-state index contributed by atoms with van der Waals surface area (Å²) in [6, 6.07) is 46.1. The van der Waals surface area contributed by atoms with Crippen LogP contribution in [0.1, 0.15) is 105 Å². The molecule has 3 aromatic heterocycles. The molecule has 0 amide bonds. The number of hydrogen-bond acceptors (Lipinski definition) is 2. The molecule has 60 heavy (non-hydrogen) atoms. The number of ether oxygens (including phenoxy) is 1. The van der Waals surface area contributed by atoms with E-state index in [4.69, 9.17) is 9.72 Å². The Morgan fingerprint density at radius 3 is 1.92 bits per heavy atom. The van der Waals surface area contributed by atoms with Crippen molar-refractivity contribution in [2.75, 3.05) is 0 Å². The minimum absolute atomic E-state index is 0. The Morgan fingerprint density at radius 1 is 0.567 bits per heavy atom. The van der Waals surface area contributed by atoms with Crippen molar-refractivity contribution in [3.8, 4) is 39.8 Å². The van der Waals surface area contributed by atoms with Gasteiger partial charge in [0.1, 0.15) is 5.82 Å². The summed E-state index contributed by atoms with van der Waals surface area (Å²) in [6.45, 7) is 26.9. The molecule has 310 valence electrons. The van der Waals surface area contributed by atoms with Crippen LogP contribution in [0.3, 0.4) is 0 Å². The molecule has 5 aromatic carbocycles. The second-order valence-electron chi connectivity index (χ2n) is 20.0. The van der Waals surface area contributed by atoms with E-state index in [-0.39, 0.29) is 42.7 Å². The van der Waals surface area contributed by atoms with E-state index in [1.807, 2.05) is 12.3 Å². The quantitative estimate of drug-likeness (QED) is 0.123. The molecule has 5 nitrogen and oxygen atoms in total. The van der Waals surface area contributed by atoms with Crippen LogP contribution in [0.2, 0.25) is 0 Å². The first-order valence-electron chi connectivity index (χ1n) is 20.7. The molecule has 6 heteroatoms. The first kappa shape index (κ1) is 42.9. The summed E-state index contributed by atoms with van der Waals surface area (Å²) in [7, 11) is 0. The molecule has 0 fully saturated rings. The number of nitrogens with zero attached hydrogens (tertiary/aromatic N) is 4. The molecule has 0 saturated carbocycles. The van der Waals surface area contributed by atoms with Crippen molar-refractivity contribution < 1.29 is 30.4 Å². The van der Waals surface area contributed by atoms with Crippen molar-refractivity contribution in [1.29, 1.82) is 0 Å². The Bertz CT molecular complexity index is 2840. The van der Waals surface area contributed by atoms with E-state index >= 15 is 0 Å². The first-order chi connectivity index (χ1) is 27.7. The summed E-state index contributed by atoms with van der Waals surface area (Å²) in [4.78, 5) is 4.87. The van der Waals surface area contributed by atoms with Gasteiger partial charge in [0.25, 0.3) is 6.33 Å². The summed E-state index contributed by atoms with van der Waals surface area (Å²) in [6.07, 6.45) is 7.88. The number of rotatable bonds is 6. The second kappa shape index (κ2) is 15.7. The number of fused-ring (bicyclic) bond motifs is 3. The Balaban J connectivity index is 0.00000544. The average Bonchev–Trinajstić information content (AvgIpc) is 3.78. The smallest absolute Gasteiger partial charge is 0.267 e. The van der Waals surface area contributed by atoms with Gasteiger partial charge in [-0.15, -0.1) is 29.7 Å². The summed E-state index contributed by atoms with van der Waals surface area (Å²) in [5.41, 5.74) is 10.6. The van der Waals surface area contributed by atoms with E-state index in [2.05, 4.69) is 225 Å². The van der Waals surface area contributed by atoms with Gasteiger partial charge >= 0.3 is 0 Å². The Hall–Kier alpha value is -5.25. The number of aromatic nitrogens is 4. The molecule has 0 bridgehead atoms. The fourth-order valence-electron chi connectivity index (χ4n) is 7.63. The topological polar surface area (TPSA) is 35.9 Å². The standard InChI is InChI=1S/C54H56N4O.Pt/c1-51(2,3)38-24-25-55-50(31-38)58-47-21-17-16-20-45(47)46-23-22-43(33-48(46)58)59-44-30-40(53(7,8)9)29-42(32-44)57-35-56(34-49(57)54(10,11)12)41-27-37(36-18-14-13-15-19-36)26-39(28-41)52(4,5)6;/h13-31,34H,1-12H3;/q-2;. The van der Waals surface area contributed by atoms with Crippen LogP contribution >= 0.6 is 0 Å². The first-order valence-corrected chi connectivity index (χ1v) is 20.7. The van der Waals surface area contributed by atoms with Gasteiger partial charge in [0.2, 0.25) is 0 Å². The maximum atomic E-state index is 6.81. The van der Waals surface area contributed by atoms with Crippen LogP contribution in [0.25, 0.3) is 50.1 Å². The van der Waals surface area contributed by atoms with Crippen molar-refractivity contribution in [1.82, 2.24) is 14.1 Å². The molecule has 0 spiro atoms. The molecule has 0 saturated heterocycles. The third-order valence-electron chi connectivity index (χ3n) is 11.2. The molecule has 0 N–H and O–H groups in total. The van der Waals surface area contributed by atoms with Crippen molar-refractivity contribution in [2.24, 2.45) is 0 Å². The van der Waals surface area contributed by atoms with Crippen molar-refractivity contribution in [3.63, 3.8) is 0 Å².